The minimum atomic E-state index is -0.0569. The molecule has 2 aliphatic rings. The first-order valence-electron chi connectivity index (χ1n) is 8.44. The highest BCUT2D eigenvalue weighted by Gasteiger charge is 2.27. The number of likely N-dealkylation sites (tertiary alicyclic amines) is 1. The van der Waals surface area contributed by atoms with Crippen molar-refractivity contribution in [3.05, 3.63) is 0 Å². The zero-order valence-electron chi connectivity index (χ0n) is 14.3. The van der Waals surface area contributed by atoms with Crippen LogP contribution in [0.2, 0.25) is 0 Å². The molecule has 0 spiro atoms. The van der Waals surface area contributed by atoms with Crippen molar-refractivity contribution in [3.63, 3.8) is 0 Å². The Morgan fingerprint density at radius 1 is 1.26 bits per heavy atom. The minimum absolute atomic E-state index is 0. The van der Waals surface area contributed by atoms with Gasteiger partial charge in [-0.15, -0.1) is 24.0 Å². The van der Waals surface area contributed by atoms with Crippen molar-refractivity contribution in [1.82, 2.24) is 10.2 Å². The molecule has 1 aliphatic heterocycles. The summed E-state index contributed by atoms with van der Waals surface area (Å²) in [5.74, 6) is 1.69. The van der Waals surface area contributed by atoms with Crippen LogP contribution in [0.15, 0.2) is 4.99 Å². The molecule has 6 nitrogen and oxygen atoms in total. The molecule has 0 amide bonds. The molecule has 0 aromatic heterocycles. The van der Waals surface area contributed by atoms with Crippen molar-refractivity contribution in [2.75, 3.05) is 46.5 Å². The fourth-order valence-corrected chi connectivity index (χ4v) is 2.69. The highest BCUT2D eigenvalue weighted by molar-refractivity contribution is 14.0. The zero-order chi connectivity index (χ0) is 15.8. The van der Waals surface area contributed by atoms with Crippen molar-refractivity contribution >= 4 is 35.9 Å². The molecule has 1 saturated heterocycles. The first-order chi connectivity index (χ1) is 10.7. The highest BCUT2D eigenvalue weighted by atomic mass is 127. The number of nitrogens with zero attached hydrogens (tertiary/aromatic N) is 2. The third kappa shape index (κ3) is 7.24. The Morgan fingerprint density at radius 3 is 2.52 bits per heavy atom. The van der Waals surface area contributed by atoms with Crippen LogP contribution in [0, 0.1) is 11.8 Å². The van der Waals surface area contributed by atoms with Gasteiger partial charge in [-0.3, -0.25) is 9.79 Å². The third-order valence-corrected chi connectivity index (χ3v) is 4.21. The van der Waals surface area contributed by atoms with E-state index in [0.29, 0.717) is 6.61 Å². The Balaban J connectivity index is 0.00000264. The Morgan fingerprint density at radius 2 is 1.96 bits per heavy atom. The standard InChI is InChI=1S/C16H29N3O3.HI/c1-3-22-15(20)14-6-9-19(10-7-14)16(17-2)18-8-11-21-12-13-4-5-13;/h13-14H,3-12H2,1-2H3,(H,17,18);1H. The SMILES string of the molecule is CCOC(=O)C1CCN(C(=NC)NCCOCC2CC2)CC1.I. The van der Waals surface area contributed by atoms with Crippen molar-refractivity contribution < 1.29 is 14.3 Å². The van der Waals surface area contributed by atoms with Gasteiger partial charge < -0.3 is 19.7 Å². The molecule has 134 valence electrons. The fraction of sp³-hybridized carbons (Fsp3) is 0.875. The monoisotopic (exact) mass is 439 g/mol. The normalized spacial score (nSPS) is 19.2. The molecule has 0 bridgehead atoms. The number of hydrogen-bond acceptors (Lipinski definition) is 4. The lowest BCUT2D eigenvalue weighted by molar-refractivity contribution is -0.149. The lowest BCUT2D eigenvalue weighted by Crippen LogP contribution is -2.47. The second kappa shape index (κ2) is 11.1. The maximum Gasteiger partial charge on any atom is 0.309 e. The number of guanidine groups is 1. The molecule has 0 aromatic rings. The number of carbonyl (C=O) groups is 1. The number of nitrogens with one attached hydrogen (secondary N) is 1. The molecule has 2 fully saturated rings. The van der Waals surface area contributed by atoms with Crippen molar-refractivity contribution in [2.24, 2.45) is 16.8 Å². The number of ether oxygens (including phenoxy) is 2. The van der Waals surface area contributed by atoms with Gasteiger partial charge in [-0.2, -0.15) is 0 Å². The Hall–Kier alpha value is -0.570. The summed E-state index contributed by atoms with van der Waals surface area (Å²) in [6.45, 7) is 6.38. The number of rotatable bonds is 7. The first kappa shape index (κ1) is 20.5. The maximum absolute atomic E-state index is 11.7. The zero-order valence-corrected chi connectivity index (χ0v) is 16.6. The number of piperidine rings is 1. The van der Waals surface area contributed by atoms with Crippen molar-refractivity contribution in [3.8, 4) is 0 Å². The number of halogens is 1. The van der Waals surface area contributed by atoms with Gasteiger partial charge in [0.25, 0.3) is 0 Å². The molecule has 1 aliphatic carbocycles. The average Bonchev–Trinajstić information content (AvgIpc) is 3.36. The molecule has 0 radical (unpaired) electrons. The summed E-state index contributed by atoms with van der Waals surface area (Å²) in [7, 11) is 1.80. The van der Waals surface area contributed by atoms with Gasteiger partial charge in [0.15, 0.2) is 5.96 Å². The van der Waals surface area contributed by atoms with Gasteiger partial charge in [0.1, 0.15) is 0 Å². The van der Waals surface area contributed by atoms with Crippen LogP contribution in [0.25, 0.3) is 0 Å². The Bertz CT molecular complexity index is 381. The Labute approximate surface area is 156 Å². The highest BCUT2D eigenvalue weighted by Crippen LogP contribution is 2.28. The smallest absolute Gasteiger partial charge is 0.309 e. The van der Waals surface area contributed by atoms with Crippen LogP contribution in [0.1, 0.15) is 32.6 Å². The van der Waals surface area contributed by atoms with Gasteiger partial charge in [0.05, 0.1) is 19.1 Å². The van der Waals surface area contributed by atoms with E-state index in [0.717, 1.165) is 57.6 Å². The van der Waals surface area contributed by atoms with E-state index in [4.69, 9.17) is 9.47 Å². The largest absolute Gasteiger partial charge is 0.466 e. The predicted molar refractivity (Wildman–Crippen MR) is 101 cm³/mol. The van der Waals surface area contributed by atoms with E-state index in [1.54, 1.807) is 7.05 Å². The topological polar surface area (TPSA) is 63.2 Å². The van der Waals surface area contributed by atoms with E-state index in [9.17, 15) is 4.79 Å². The van der Waals surface area contributed by atoms with E-state index < -0.39 is 0 Å². The lowest BCUT2D eigenvalue weighted by Gasteiger charge is -2.33. The molecule has 23 heavy (non-hydrogen) atoms. The number of hydrogen-bond donors (Lipinski definition) is 1. The second-order valence-corrected chi connectivity index (χ2v) is 6.01. The van der Waals surface area contributed by atoms with Crippen LogP contribution in [-0.2, 0) is 14.3 Å². The van der Waals surface area contributed by atoms with Gasteiger partial charge in [-0.05, 0) is 38.5 Å². The van der Waals surface area contributed by atoms with Crippen LogP contribution in [0.4, 0.5) is 0 Å². The van der Waals surface area contributed by atoms with Gasteiger partial charge in [0, 0.05) is 33.3 Å². The van der Waals surface area contributed by atoms with Crippen LogP contribution in [0.5, 0.6) is 0 Å². The number of esters is 1. The second-order valence-electron chi connectivity index (χ2n) is 6.01. The molecule has 1 saturated carbocycles. The van der Waals surface area contributed by atoms with Crippen LogP contribution in [-0.4, -0.2) is 63.3 Å². The maximum atomic E-state index is 11.7. The van der Waals surface area contributed by atoms with E-state index in [1.807, 2.05) is 6.92 Å². The molecule has 1 heterocycles. The van der Waals surface area contributed by atoms with Gasteiger partial charge in [0.2, 0.25) is 0 Å². The summed E-state index contributed by atoms with van der Waals surface area (Å²) in [6, 6.07) is 0. The third-order valence-electron chi connectivity index (χ3n) is 4.21. The molecule has 0 aromatic carbocycles. The quantitative estimate of drug-likeness (QED) is 0.216. The molecular formula is C16H30IN3O3. The molecule has 0 atom stereocenters. The fourth-order valence-electron chi connectivity index (χ4n) is 2.69. The summed E-state index contributed by atoms with van der Waals surface area (Å²) in [5.41, 5.74) is 0. The van der Waals surface area contributed by atoms with Gasteiger partial charge in [-0.1, -0.05) is 0 Å². The Kier molecular flexibility index (Phi) is 9.85. The van der Waals surface area contributed by atoms with E-state index in [1.165, 1.54) is 12.8 Å². The minimum Gasteiger partial charge on any atom is -0.466 e. The van der Waals surface area contributed by atoms with E-state index in [2.05, 4.69) is 15.2 Å². The molecule has 2 rings (SSSR count). The molecule has 0 unspecified atom stereocenters. The molecule has 7 heteroatoms. The van der Waals surface area contributed by atoms with Crippen molar-refractivity contribution in [1.29, 1.82) is 0 Å². The van der Waals surface area contributed by atoms with Gasteiger partial charge >= 0.3 is 5.97 Å². The average molecular weight is 439 g/mol. The van der Waals surface area contributed by atoms with Crippen LogP contribution >= 0.6 is 24.0 Å². The number of aliphatic imine (C=N–C) groups is 1. The van der Waals surface area contributed by atoms with Crippen molar-refractivity contribution in [2.45, 2.75) is 32.6 Å². The van der Waals surface area contributed by atoms with E-state index in [-0.39, 0.29) is 35.9 Å². The summed E-state index contributed by atoms with van der Waals surface area (Å²) in [6.07, 6.45) is 4.31. The van der Waals surface area contributed by atoms with E-state index >= 15 is 0 Å². The molecule has 1 N–H and O–H groups in total. The summed E-state index contributed by atoms with van der Waals surface area (Å²) in [4.78, 5) is 18.3. The number of carbonyl (C=O) groups excluding carboxylic acids is 1. The summed E-state index contributed by atoms with van der Waals surface area (Å²) >= 11 is 0. The summed E-state index contributed by atoms with van der Waals surface area (Å²) in [5, 5.41) is 3.34. The lowest BCUT2D eigenvalue weighted by atomic mass is 9.97. The first-order valence-corrected chi connectivity index (χ1v) is 8.44. The summed E-state index contributed by atoms with van der Waals surface area (Å²) < 4.78 is 10.7. The predicted octanol–water partition coefficient (Wildman–Crippen LogP) is 1.88. The van der Waals surface area contributed by atoms with Crippen LogP contribution in [0.3, 0.4) is 0 Å². The van der Waals surface area contributed by atoms with Crippen LogP contribution < -0.4 is 5.32 Å². The van der Waals surface area contributed by atoms with Gasteiger partial charge in [-0.25, -0.2) is 0 Å². The molecular weight excluding hydrogens is 409 g/mol.